The van der Waals surface area contributed by atoms with Gasteiger partial charge in [0, 0.05) is 44.2 Å². The highest BCUT2D eigenvalue weighted by Crippen LogP contribution is 2.26. The first-order chi connectivity index (χ1) is 12.1. The number of aryl methyl sites for hydroxylation is 1. The molecule has 0 bridgehead atoms. The molecule has 4 rings (SSSR count). The fourth-order valence-electron chi connectivity index (χ4n) is 3.42. The summed E-state index contributed by atoms with van der Waals surface area (Å²) in [5.41, 5.74) is 2.38. The van der Waals surface area contributed by atoms with E-state index < -0.39 is 0 Å². The molecular weight excluding hydrogens is 321 g/mol. The van der Waals surface area contributed by atoms with Crippen molar-refractivity contribution in [2.24, 2.45) is 0 Å². The third kappa shape index (κ3) is 3.28. The number of halogens is 1. The van der Waals surface area contributed by atoms with Crippen LogP contribution in [0.3, 0.4) is 0 Å². The lowest BCUT2D eigenvalue weighted by atomic mass is 10.1. The molecule has 0 saturated carbocycles. The Hall–Kier alpha value is -2.28. The van der Waals surface area contributed by atoms with Gasteiger partial charge in [0.1, 0.15) is 11.6 Å². The van der Waals surface area contributed by atoms with Crippen LogP contribution in [0.1, 0.15) is 24.0 Å². The lowest BCUT2D eigenvalue weighted by molar-refractivity contribution is 0.176. The van der Waals surface area contributed by atoms with Crippen LogP contribution in [0.2, 0.25) is 0 Å². The summed E-state index contributed by atoms with van der Waals surface area (Å²) in [6.07, 6.45) is 4.47. The predicted molar refractivity (Wildman–Crippen MR) is 92.2 cm³/mol. The highest BCUT2D eigenvalue weighted by molar-refractivity contribution is 5.42. The maximum atomic E-state index is 14.3. The lowest BCUT2D eigenvalue weighted by Gasteiger charge is -2.40. The quantitative estimate of drug-likeness (QED) is 0.849. The molecule has 6 nitrogen and oxygen atoms in total. The normalized spacial score (nSPS) is 20.4. The van der Waals surface area contributed by atoms with Crippen LogP contribution in [0.25, 0.3) is 0 Å². The van der Waals surface area contributed by atoms with Gasteiger partial charge in [0.2, 0.25) is 5.88 Å². The van der Waals surface area contributed by atoms with E-state index in [4.69, 9.17) is 4.74 Å². The fourth-order valence-corrected chi connectivity index (χ4v) is 3.42. The minimum atomic E-state index is -0.231. The van der Waals surface area contributed by atoms with Crippen molar-refractivity contribution in [2.45, 2.75) is 32.9 Å². The summed E-state index contributed by atoms with van der Waals surface area (Å²) in [5.74, 6) is 1.14. The van der Waals surface area contributed by atoms with Crippen LogP contribution in [0.4, 0.5) is 10.1 Å². The third-order valence-corrected chi connectivity index (χ3v) is 4.95. The first kappa shape index (κ1) is 16.2. The summed E-state index contributed by atoms with van der Waals surface area (Å²) in [6, 6.07) is 1.86. The number of aromatic nitrogens is 3. The Morgan fingerprint density at radius 3 is 2.84 bits per heavy atom. The van der Waals surface area contributed by atoms with Crippen molar-refractivity contribution in [1.82, 2.24) is 19.9 Å². The Morgan fingerprint density at radius 1 is 1.28 bits per heavy atom. The molecule has 2 aromatic heterocycles. The third-order valence-electron chi connectivity index (χ3n) is 4.95. The summed E-state index contributed by atoms with van der Waals surface area (Å²) >= 11 is 0. The number of fused-ring (bicyclic) bond motifs is 1. The minimum Gasteiger partial charge on any atom is -0.477 e. The molecule has 4 heterocycles. The molecule has 7 heteroatoms. The Balaban J connectivity index is 1.44. The van der Waals surface area contributed by atoms with Crippen molar-refractivity contribution < 1.29 is 9.13 Å². The van der Waals surface area contributed by atoms with Gasteiger partial charge in [-0.3, -0.25) is 4.90 Å². The van der Waals surface area contributed by atoms with Gasteiger partial charge in [0.25, 0.3) is 0 Å². The first-order valence-corrected chi connectivity index (χ1v) is 8.69. The molecule has 1 saturated heterocycles. The van der Waals surface area contributed by atoms with Gasteiger partial charge in [0.15, 0.2) is 0 Å². The monoisotopic (exact) mass is 343 g/mol. The van der Waals surface area contributed by atoms with Crippen LogP contribution in [0.5, 0.6) is 5.88 Å². The molecule has 0 amide bonds. The van der Waals surface area contributed by atoms with E-state index in [2.05, 4.69) is 31.7 Å². The zero-order valence-corrected chi connectivity index (χ0v) is 14.6. The number of piperazine rings is 1. The van der Waals surface area contributed by atoms with E-state index in [9.17, 15) is 4.39 Å². The number of nitrogens with zero attached hydrogens (tertiary/aromatic N) is 5. The molecule has 0 spiro atoms. The van der Waals surface area contributed by atoms with E-state index in [1.807, 2.05) is 19.3 Å². The molecule has 2 aliphatic rings. The van der Waals surface area contributed by atoms with Gasteiger partial charge in [-0.25, -0.2) is 19.3 Å². The second-order valence-electron chi connectivity index (χ2n) is 6.73. The smallest absolute Gasteiger partial charge is 0.217 e. The number of hydrogen-bond acceptors (Lipinski definition) is 6. The van der Waals surface area contributed by atoms with Crippen LogP contribution in [-0.2, 0) is 13.0 Å². The fraction of sp³-hybridized carbons (Fsp3) is 0.500. The second-order valence-corrected chi connectivity index (χ2v) is 6.73. The van der Waals surface area contributed by atoms with Crippen molar-refractivity contribution in [3.05, 3.63) is 41.4 Å². The maximum absolute atomic E-state index is 14.3. The summed E-state index contributed by atoms with van der Waals surface area (Å²) in [5, 5.41) is 0. The predicted octanol–water partition coefficient (Wildman–Crippen LogP) is 1.96. The first-order valence-electron chi connectivity index (χ1n) is 8.69. The standard InChI is InChI=1S/C18H22FN5O/c1-12-10-24(15-8-20-13(2)21-9-15)5-4-23(12)11-17-16(19)7-14-3-6-25-18(14)22-17/h7-9,12H,3-6,10-11H2,1-2H3/t12-/m0/s1. The topological polar surface area (TPSA) is 54.4 Å². The van der Waals surface area contributed by atoms with Gasteiger partial charge in [-0.05, 0) is 19.9 Å². The van der Waals surface area contributed by atoms with Gasteiger partial charge in [-0.15, -0.1) is 0 Å². The zero-order valence-electron chi connectivity index (χ0n) is 14.6. The van der Waals surface area contributed by atoms with E-state index in [1.165, 1.54) is 0 Å². The van der Waals surface area contributed by atoms with E-state index in [0.717, 1.165) is 43.1 Å². The average molecular weight is 343 g/mol. The van der Waals surface area contributed by atoms with Crippen LogP contribution in [-0.4, -0.2) is 52.1 Å². The summed E-state index contributed by atoms with van der Waals surface area (Å²) in [4.78, 5) is 17.5. The van der Waals surface area contributed by atoms with E-state index in [1.54, 1.807) is 6.07 Å². The van der Waals surface area contributed by atoms with Gasteiger partial charge in [0.05, 0.1) is 30.4 Å². The molecule has 1 atom stereocenters. The van der Waals surface area contributed by atoms with Gasteiger partial charge < -0.3 is 9.64 Å². The Kier molecular flexibility index (Phi) is 4.25. The number of ether oxygens (including phenoxy) is 1. The molecular formula is C18H22FN5O. The van der Waals surface area contributed by atoms with Crippen molar-refractivity contribution >= 4 is 5.69 Å². The maximum Gasteiger partial charge on any atom is 0.217 e. The molecule has 2 aliphatic heterocycles. The van der Waals surface area contributed by atoms with E-state index in [0.29, 0.717) is 24.7 Å². The Morgan fingerprint density at radius 2 is 2.08 bits per heavy atom. The minimum absolute atomic E-state index is 0.231. The second kappa shape index (κ2) is 6.55. The number of anilines is 1. The number of rotatable bonds is 3. The number of pyridine rings is 1. The Labute approximate surface area is 146 Å². The molecule has 25 heavy (non-hydrogen) atoms. The van der Waals surface area contributed by atoms with Crippen molar-refractivity contribution in [2.75, 3.05) is 31.1 Å². The Bertz CT molecular complexity index is 767. The molecule has 0 radical (unpaired) electrons. The molecule has 0 unspecified atom stereocenters. The zero-order chi connectivity index (χ0) is 17.4. The highest BCUT2D eigenvalue weighted by atomic mass is 19.1. The molecule has 0 aliphatic carbocycles. The molecule has 0 N–H and O–H groups in total. The van der Waals surface area contributed by atoms with Gasteiger partial charge in [-0.2, -0.15) is 0 Å². The highest BCUT2D eigenvalue weighted by Gasteiger charge is 2.26. The van der Waals surface area contributed by atoms with Crippen LogP contribution >= 0.6 is 0 Å². The van der Waals surface area contributed by atoms with Crippen LogP contribution in [0, 0.1) is 12.7 Å². The summed E-state index contributed by atoms with van der Waals surface area (Å²) in [7, 11) is 0. The largest absolute Gasteiger partial charge is 0.477 e. The van der Waals surface area contributed by atoms with Crippen LogP contribution in [0.15, 0.2) is 18.5 Å². The molecule has 2 aromatic rings. The average Bonchev–Trinajstić information content (AvgIpc) is 3.04. The van der Waals surface area contributed by atoms with Crippen molar-refractivity contribution in [3.8, 4) is 5.88 Å². The van der Waals surface area contributed by atoms with Crippen molar-refractivity contribution in [1.29, 1.82) is 0 Å². The number of hydrogen-bond donors (Lipinski definition) is 0. The van der Waals surface area contributed by atoms with E-state index in [-0.39, 0.29) is 11.9 Å². The summed E-state index contributed by atoms with van der Waals surface area (Å²) in [6.45, 7) is 7.69. The van der Waals surface area contributed by atoms with Gasteiger partial charge >= 0.3 is 0 Å². The SMILES string of the molecule is Cc1ncc(N2CCN(Cc3nc4c(cc3F)CCO4)[C@@H](C)C2)cn1. The summed E-state index contributed by atoms with van der Waals surface area (Å²) < 4.78 is 19.8. The van der Waals surface area contributed by atoms with Crippen molar-refractivity contribution in [3.63, 3.8) is 0 Å². The van der Waals surface area contributed by atoms with E-state index >= 15 is 0 Å². The van der Waals surface area contributed by atoms with Crippen LogP contribution < -0.4 is 9.64 Å². The van der Waals surface area contributed by atoms with Gasteiger partial charge in [-0.1, -0.05) is 0 Å². The molecule has 132 valence electrons. The lowest BCUT2D eigenvalue weighted by Crippen LogP contribution is -2.51. The molecule has 1 fully saturated rings. The molecule has 0 aromatic carbocycles.